The highest BCUT2D eigenvalue weighted by Gasteiger charge is 2.14. The molecule has 112 valence electrons. The second kappa shape index (κ2) is 5.98. The molecule has 0 unspecified atom stereocenters. The minimum absolute atomic E-state index is 0.168. The van der Waals surface area contributed by atoms with E-state index in [0.29, 0.717) is 22.1 Å². The van der Waals surface area contributed by atoms with Crippen molar-refractivity contribution in [1.29, 1.82) is 0 Å². The molecule has 1 amide bonds. The van der Waals surface area contributed by atoms with Gasteiger partial charge in [-0.1, -0.05) is 30.7 Å². The van der Waals surface area contributed by atoms with Crippen LogP contribution in [0.5, 0.6) is 0 Å². The van der Waals surface area contributed by atoms with Crippen molar-refractivity contribution in [1.82, 2.24) is 25.4 Å². The molecule has 0 aliphatic heterocycles. The Morgan fingerprint density at radius 2 is 2.09 bits per heavy atom. The molecule has 0 saturated heterocycles. The zero-order valence-electron chi connectivity index (χ0n) is 11.7. The van der Waals surface area contributed by atoms with Gasteiger partial charge in [0.2, 0.25) is 5.95 Å². The third kappa shape index (κ3) is 2.84. The first-order chi connectivity index (χ1) is 10.7. The molecule has 3 rings (SSSR count). The largest absolute Gasteiger partial charge is 0.288 e. The Morgan fingerprint density at radius 3 is 2.82 bits per heavy atom. The van der Waals surface area contributed by atoms with Crippen molar-refractivity contribution in [2.75, 3.05) is 5.32 Å². The minimum atomic E-state index is -0.374. The molecular weight excluding hydrogens is 304 g/mol. The van der Waals surface area contributed by atoms with Gasteiger partial charge in [-0.15, -0.1) is 5.10 Å². The first kappa shape index (κ1) is 14.3. The summed E-state index contributed by atoms with van der Waals surface area (Å²) < 4.78 is 0. The number of aromatic amines is 2. The van der Waals surface area contributed by atoms with E-state index in [4.69, 9.17) is 11.6 Å². The Bertz CT molecular complexity index is 809. The van der Waals surface area contributed by atoms with Crippen molar-refractivity contribution in [3.05, 3.63) is 46.7 Å². The maximum atomic E-state index is 12.0. The fourth-order valence-corrected chi connectivity index (χ4v) is 2.14. The lowest BCUT2D eigenvalue weighted by Crippen LogP contribution is -2.13. The monoisotopic (exact) mass is 316 g/mol. The van der Waals surface area contributed by atoms with Gasteiger partial charge >= 0.3 is 0 Å². The second-order valence-electron chi connectivity index (χ2n) is 4.57. The molecule has 1 aromatic carbocycles. The number of H-pyrrole nitrogens is 2. The number of nitrogens with zero attached hydrogens (tertiary/aromatic N) is 3. The van der Waals surface area contributed by atoms with Gasteiger partial charge in [0, 0.05) is 11.3 Å². The SMILES string of the molecule is CCc1cc(C(=O)Nc2n[nH]c(-c3ccccc3Cl)n2)n[nH]1. The van der Waals surface area contributed by atoms with E-state index in [1.807, 2.05) is 25.1 Å². The average Bonchev–Trinajstić information content (AvgIpc) is 3.16. The van der Waals surface area contributed by atoms with Gasteiger partial charge < -0.3 is 0 Å². The summed E-state index contributed by atoms with van der Waals surface area (Å²) in [6, 6.07) is 8.94. The van der Waals surface area contributed by atoms with Gasteiger partial charge in [-0.25, -0.2) is 0 Å². The number of aromatic nitrogens is 5. The van der Waals surface area contributed by atoms with Crippen LogP contribution in [0.2, 0.25) is 5.02 Å². The fourth-order valence-electron chi connectivity index (χ4n) is 1.92. The molecule has 3 N–H and O–H groups in total. The summed E-state index contributed by atoms with van der Waals surface area (Å²) in [5.41, 5.74) is 1.89. The molecule has 2 heterocycles. The van der Waals surface area contributed by atoms with Gasteiger partial charge in [0.15, 0.2) is 11.5 Å². The van der Waals surface area contributed by atoms with Crippen molar-refractivity contribution in [3.63, 3.8) is 0 Å². The predicted octanol–water partition coefficient (Wildman–Crippen LogP) is 2.66. The van der Waals surface area contributed by atoms with Crippen LogP contribution in [0.15, 0.2) is 30.3 Å². The molecular formula is C14H13ClN6O. The fraction of sp³-hybridized carbons (Fsp3) is 0.143. The quantitative estimate of drug-likeness (QED) is 0.689. The highest BCUT2D eigenvalue weighted by atomic mass is 35.5. The third-order valence-corrected chi connectivity index (χ3v) is 3.41. The lowest BCUT2D eigenvalue weighted by Gasteiger charge is -1.98. The standard InChI is InChI=1S/C14H13ClN6O/c1-2-8-7-11(19-18-8)13(22)17-14-16-12(20-21-14)9-5-3-4-6-10(9)15/h3-7H,2H2,1H3,(H,18,19)(H2,16,17,20,21,22). The molecule has 0 aliphatic carbocycles. The number of halogens is 1. The van der Waals surface area contributed by atoms with Crippen LogP contribution in [0, 0.1) is 0 Å². The van der Waals surface area contributed by atoms with Crippen LogP contribution in [-0.2, 0) is 6.42 Å². The van der Waals surface area contributed by atoms with Crippen LogP contribution in [0.3, 0.4) is 0 Å². The predicted molar refractivity (Wildman–Crippen MR) is 82.7 cm³/mol. The van der Waals surface area contributed by atoms with Crippen molar-refractivity contribution < 1.29 is 4.79 Å². The van der Waals surface area contributed by atoms with Crippen LogP contribution in [-0.4, -0.2) is 31.3 Å². The summed E-state index contributed by atoms with van der Waals surface area (Å²) in [5, 5.41) is 16.6. The molecule has 22 heavy (non-hydrogen) atoms. The summed E-state index contributed by atoms with van der Waals surface area (Å²) in [5.74, 6) is 0.277. The van der Waals surface area contributed by atoms with E-state index >= 15 is 0 Å². The molecule has 0 fully saturated rings. The number of carbonyl (C=O) groups excluding carboxylic acids is 1. The van der Waals surface area contributed by atoms with Crippen LogP contribution in [0.1, 0.15) is 23.1 Å². The Labute approximate surface area is 131 Å². The van der Waals surface area contributed by atoms with E-state index in [1.54, 1.807) is 12.1 Å². The molecule has 3 aromatic rings. The second-order valence-corrected chi connectivity index (χ2v) is 4.98. The number of anilines is 1. The number of hydrogen-bond acceptors (Lipinski definition) is 4. The summed E-state index contributed by atoms with van der Waals surface area (Å²) >= 11 is 6.10. The number of carbonyl (C=O) groups is 1. The van der Waals surface area contributed by atoms with Crippen molar-refractivity contribution >= 4 is 23.5 Å². The summed E-state index contributed by atoms with van der Waals surface area (Å²) in [4.78, 5) is 16.3. The molecule has 0 bridgehead atoms. The van der Waals surface area contributed by atoms with Gasteiger partial charge in [0.05, 0.1) is 5.02 Å². The molecule has 8 heteroatoms. The Kier molecular flexibility index (Phi) is 3.88. The number of benzene rings is 1. The molecule has 0 aliphatic rings. The number of amides is 1. The third-order valence-electron chi connectivity index (χ3n) is 3.08. The lowest BCUT2D eigenvalue weighted by atomic mass is 10.2. The minimum Gasteiger partial charge on any atom is -0.288 e. The van der Waals surface area contributed by atoms with E-state index in [9.17, 15) is 4.79 Å². The number of nitrogens with one attached hydrogen (secondary N) is 3. The first-order valence-corrected chi connectivity index (χ1v) is 7.08. The number of rotatable bonds is 4. The average molecular weight is 317 g/mol. The molecule has 0 saturated carbocycles. The first-order valence-electron chi connectivity index (χ1n) is 6.70. The highest BCUT2D eigenvalue weighted by molar-refractivity contribution is 6.33. The number of aryl methyl sites for hydroxylation is 1. The maximum absolute atomic E-state index is 12.0. The van der Waals surface area contributed by atoms with Crippen LogP contribution in [0.25, 0.3) is 11.4 Å². The zero-order valence-corrected chi connectivity index (χ0v) is 12.5. The summed E-state index contributed by atoms with van der Waals surface area (Å²) in [7, 11) is 0. The van der Waals surface area contributed by atoms with Crippen molar-refractivity contribution in [2.24, 2.45) is 0 Å². The Hall–Kier alpha value is -2.67. The van der Waals surface area contributed by atoms with E-state index < -0.39 is 0 Å². The van der Waals surface area contributed by atoms with Gasteiger partial charge in [-0.2, -0.15) is 10.1 Å². The van der Waals surface area contributed by atoms with Crippen LogP contribution in [0.4, 0.5) is 5.95 Å². The molecule has 0 spiro atoms. The van der Waals surface area contributed by atoms with Crippen LogP contribution >= 0.6 is 11.6 Å². The highest BCUT2D eigenvalue weighted by Crippen LogP contribution is 2.24. The maximum Gasteiger partial charge on any atom is 0.278 e. The van der Waals surface area contributed by atoms with Gasteiger partial charge in [0.1, 0.15) is 0 Å². The van der Waals surface area contributed by atoms with Gasteiger partial charge in [-0.3, -0.25) is 20.3 Å². The Balaban J connectivity index is 1.77. The molecule has 0 radical (unpaired) electrons. The lowest BCUT2D eigenvalue weighted by molar-refractivity contribution is 0.102. The Morgan fingerprint density at radius 1 is 1.27 bits per heavy atom. The smallest absolute Gasteiger partial charge is 0.278 e. The van der Waals surface area contributed by atoms with E-state index in [2.05, 4.69) is 30.7 Å². The van der Waals surface area contributed by atoms with Gasteiger partial charge in [-0.05, 0) is 24.6 Å². The van der Waals surface area contributed by atoms with E-state index in [1.165, 1.54) is 0 Å². The summed E-state index contributed by atoms with van der Waals surface area (Å²) in [6.07, 6.45) is 0.775. The zero-order chi connectivity index (χ0) is 15.5. The molecule has 7 nitrogen and oxygen atoms in total. The number of hydrogen-bond donors (Lipinski definition) is 3. The van der Waals surface area contributed by atoms with Crippen LogP contribution < -0.4 is 5.32 Å². The topological polar surface area (TPSA) is 99.3 Å². The van der Waals surface area contributed by atoms with Gasteiger partial charge in [0.25, 0.3) is 5.91 Å². The van der Waals surface area contributed by atoms with E-state index in [-0.39, 0.29) is 11.9 Å². The molecule has 0 atom stereocenters. The summed E-state index contributed by atoms with van der Waals surface area (Å²) in [6.45, 7) is 1.97. The van der Waals surface area contributed by atoms with E-state index in [0.717, 1.165) is 12.1 Å². The molecule has 2 aromatic heterocycles. The van der Waals surface area contributed by atoms with Crippen molar-refractivity contribution in [3.8, 4) is 11.4 Å². The van der Waals surface area contributed by atoms with Crippen molar-refractivity contribution in [2.45, 2.75) is 13.3 Å². The normalized spacial score (nSPS) is 10.6.